The maximum absolute atomic E-state index is 11.7. The standard InChI is InChI=1S/C14H21NO2S/c1-3-15(11-13-7-5-4-6-8-13)14(2)9-10-18(16,17)12-14/h4-8H,3,9-12H2,1-2H3/t14-/m0/s1. The zero-order valence-electron chi connectivity index (χ0n) is 11.1. The van der Waals surface area contributed by atoms with Gasteiger partial charge in [-0.15, -0.1) is 0 Å². The number of hydrogen-bond acceptors (Lipinski definition) is 3. The molecule has 0 N–H and O–H groups in total. The molecule has 1 atom stereocenters. The van der Waals surface area contributed by atoms with Crippen LogP contribution in [0.15, 0.2) is 30.3 Å². The van der Waals surface area contributed by atoms with Gasteiger partial charge >= 0.3 is 0 Å². The van der Waals surface area contributed by atoms with Crippen molar-refractivity contribution in [3.05, 3.63) is 35.9 Å². The van der Waals surface area contributed by atoms with Crippen LogP contribution < -0.4 is 0 Å². The van der Waals surface area contributed by atoms with Crippen LogP contribution in [0.4, 0.5) is 0 Å². The molecule has 0 bridgehead atoms. The average Bonchev–Trinajstić information content (AvgIpc) is 2.63. The highest BCUT2D eigenvalue weighted by atomic mass is 32.2. The first-order valence-electron chi connectivity index (χ1n) is 6.45. The monoisotopic (exact) mass is 267 g/mol. The molecule has 1 aromatic rings. The quantitative estimate of drug-likeness (QED) is 0.838. The molecular weight excluding hydrogens is 246 g/mol. The first kappa shape index (κ1) is 13.6. The molecule has 0 unspecified atom stereocenters. The second kappa shape index (κ2) is 5.02. The van der Waals surface area contributed by atoms with Crippen LogP contribution in [0.25, 0.3) is 0 Å². The maximum atomic E-state index is 11.7. The van der Waals surface area contributed by atoms with Gasteiger partial charge in [0.2, 0.25) is 0 Å². The minimum absolute atomic E-state index is 0.205. The lowest BCUT2D eigenvalue weighted by atomic mass is 9.98. The van der Waals surface area contributed by atoms with Crippen molar-refractivity contribution in [2.75, 3.05) is 18.1 Å². The fourth-order valence-corrected chi connectivity index (χ4v) is 4.90. The third-order valence-corrected chi connectivity index (χ3v) is 5.73. The Hall–Kier alpha value is -0.870. The molecule has 1 fully saturated rings. The summed E-state index contributed by atoms with van der Waals surface area (Å²) in [5, 5.41) is 0. The van der Waals surface area contributed by atoms with E-state index < -0.39 is 9.84 Å². The Morgan fingerprint density at radius 2 is 1.94 bits per heavy atom. The van der Waals surface area contributed by atoms with Crippen molar-refractivity contribution in [3.63, 3.8) is 0 Å². The lowest BCUT2D eigenvalue weighted by molar-refractivity contribution is 0.124. The van der Waals surface area contributed by atoms with Gasteiger partial charge in [-0.05, 0) is 25.5 Å². The van der Waals surface area contributed by atoms with Crippen molar-refractivity contribution in [2.45, 2.75) is 32.4 Å². The molecule has 1 aliphatic heterocycles. The molecule has 3 nitrogen and oxygen atoms in total. The maximum Gasteiger partial charge on any atom is 0.152 e. The SMILES string of the molecule is CCN(Cc1ccccc1)[C@@]1(C)CCS(=O)(=O)C1. The predicted molar refractivity (Wildman–Crippen MR) is 74.2 cm³/mol. The van der Waals surface area contributed by atoms with E-state index in [9.17, 15) is 8.42 Å². The molecule has 0 saturated carbocycles. The van der Waals surface area contributed by atoms with E-state index in [1.54, 1.807) is 0 Å². The molecule has 1 aromatic carbocycles. The summed E-state index contributed by atoms with van der Waals surface area (Å²) in [7, 11) is -2.84. The summed E-state index contributed by atoms with van der Waals surface area (Å²) >= 11 is 0. The summed E-state index contributed by atoms with van der Waals surface area (Å²) in [4.78, 5) is 2.28. The molecule has 0 spiro atoms. The Labute approximate surface area is 110 Å². The van der Waals surface area contributed by atoms with Gasteiger partial charge in [-0.3, -0.25) is 4.90 Å². The van der Waals surface area contributed by atoms with Gasteiger partial charge in [0.25, 0.3) is 0 Å². The smallest absolute Gasteiger partial charge is 0.152 e. The van der Waals surface area contributed by atoms with Crippen molar-refractivity contribution >= 4 is 9.84 Å². The largest absolute Gasteiger partial charge is 0.293 e. The highest BCUT2D eigenvalue weighted by Crippen LogP contribution is 2.30. The van der Waals surface area contributed by atoms with E-state index in [1.165, 1.54) is 5.56 Å². The summed E-state index contributed by atoms with van der Waals surface area (Å²) in [5.41, 5.74) is 1.04. The fourth-order valence-electron chi connectivity index (χ4n) is 2.73. The lowest BCUT2D eigenvalue weighted by Crippen LogP contribution is -2.46. The van der Waals surface area contributed by atoms with Crippen molar-refractivity contribution in [3.8, 4) is 0 Å². The van der Waals surface area contributed by atoms with E-state index in [2.05, 4.69) is 30.9 Å². The van der Waals surface area contributed by atoms with Crippen LogP contribution >= 0.6 is 0 Å². The summed E-state index contributed by atoms with van der Waals surface area (Å²) in [6.45, 7) is 5.87. The van der Waals surface area contributed by atoms with Gasteiger partial charge in [0.15, 0.2) is 9.84 Å². The number of benzene rings is 1. The number of nitrogens with zero attached hydrogens (tertiary/aromatic N) is 1. The van der Waals surface area contributed by atoms with E-state index in [0.717, 1.165) is 19.5 Å². The topological polar surface area (TPSA) is 37.4 Å². The molecule has 0 aliphatic carbocycles. The molecule has 1 aliphatic rings. The Balaban J connectivity index is 2.15. The highest BCUT2D eigenvalue weighted by Gasteiger charge is 2.42. The van der Waals surface area contributed by atoms with Crippen LogP contribution in [0.1, 0.15) is 25.8 Å². The molecule has 100 valence electrons. The van der Waals surface area contributed by atoms with Crippen molar-refractivity contribution in [2.24, 2.45) is 0 Å². The summed E-state index contributed by atoms with van der Waals surface area (Å²) in [6, 6.07) is 10.2. The van der Waals surface area contributed by atoms with Crippen LogP contribution in [-0.4, -0.2) is 36.9 Å². The van der Waals surface area contributed by atoms with Gasteiger partial charge in [-0.2, -0.15) is 0 Å². The van der Waals surface area contributed by atoms with Crippen molar-refractivity contribution < 1.29 is 8.42 Å². The lowest BCUT2D eigenvalue weighted by Gasteiger charge is -2.36. The van der Waals surface area contributed by atoms with Crippen LogP contribution in [0, 0.1) is 0 Å². The highest BCUT2D eigenvalue weighted by molar-refractivity contribution is 7.91. The Kier molecular flexibility index (Phi) is 3.78. The van der Waals surface area contributed by atoms with Crippen LogP contribution in [-0.2, 0) is 16.4 Å². The summed E-state index contributed by atoms with van der Waals surface area (Å²) in [5.74, 6) is 0.620. The van der Waals surface area contributed by atoms with Crippen LogP contribution in [0.2, 0.25) is 0 Å². The number of rotatable bonds is 4. The Morgan fingerprint density at radius 1 is 1.28 bits per heavy atom. The average molecular weight is 267 g/mol. The van der Waals surface area contributed by atoms with Gasteiger partial charge in [0.1, 0.15) is 0 Å². The zero-order chi connectivity index (χ0) is 13.2. The molecule has 4 heteroatoms. The van der Waals surface area contributed by atoms with E-state index in [0.29, 0.717) is 11.5 Å². The molecule has 2 rings (SSSR count). The van der Waals surface area contributed by atoms with Gasteiger partial charge < -0.3 is 0 Å². The Morgan fingerprint density at radius 3 is 2.44 bits per heavy atom. The molecular formula is C14H21NO2S. The predicted octanol–water partition coefficient (Wildman–Crippen LogP) is 2.09. The van der Waals surface area contributed by atoms with E-state index >= 15 is 0 Å². The minimum Gasteiger partial charge on any atom is -0.293 e. The van der Waals surface area contributed by atoms with Crippen LogP contribution in [0.5, 0.6) is 0 Å². The third-order valence-electron chi connectivity index (χ3n) is 3.84. The molecule has 1 heterocycles. The second-order valence-electron chi connectivity index (χ2n) is 5.34. The minimum atomic E-state index is -2.84. The van der Waals surface area contributed by atoms with Crippen molar-refractivity contribution in [1.29, 1.82) is 0 Å². The first-order valence-corrected chi connectivity index (χ1v) is 8.27. The van der Waals surface area contributed by atoms with Gasteiger partial charge in [0, 0.05) is 12.1 Å². The van der Waals surface area contributed by atoms with Gasteiger partial charge in [-0.1, -0.05) is 37.3 Å². The normalized spacial score (nSPS) is 26.6. The second-order valence-corrected chi connectivity index (χ2v) is 7.52. The molecule has 0 aromatic heterocycles. The fraction of sp³-hybridized carbons (Fsp3) is 0.571. The van der Waals surface area contributed by atoms with E-state index in [1.807, 2.05) is 18.2 Å². The number of hydrogen-bond donors (Lipinski definition) is 0. The van der Waals surface area contributed by atoms with Crippen molar-refractivity contribution in [1.82, 2.24) is 4.90 Å². The molecule has 0 radical (unpaired) electrons. The first-order chi connectivity index (χ1) is 8.45. The zero-order valence-corrected chi connectivity index (χ0v) is 11.9. The summed E-state index contributed by atoms with van der Waals surface area (Å²) < 4.78 is 23.4. The van der Waals surface area contributed by atoms with Gasteiger partial charge in [-0.25, -0.2) is 8.42 Å². The summed E-state index contributed by atoms with van der Waals surface area (Å²) in [6.07, 6.45) is 0.746. The molecule has 18 heavy (non-hydrogen) atoms. The van der Waals surface area contributed by atoms with E-state index in [4.69, 9.17) is 0 Å². The van der Waals surface area contributed by atoms with E-state index in [-0.39, 0.29) is 5.54 Å². The number of sulfone groups is 1. The van der Waals surface area contributed by atoms with Gasteiger partial charge in [0.05, 0.1) is 11.5 Å². The molecule has 0 amide bonds. The van der Waals surface area contributed by atoms with Crippen LogP contribution in [0.3, 0.4) is 0 Å². The third kappa shape index (κ3) is 2.93. The molecule has 1 saturated heterocycles. The Bertz CT molecular complexity index is 498.